The van der Waals surface area contributed by atoms with E-state index in [4.69, 9.17) is 4.74 Å². The van der Waals surface area contributed by atoms with Crippen molar-refractivity contribution < 1.29 is 22.3 Å². The maximum Gasteiger partial charge on any atom is 0.445 e. The van der Waals surface area contributed by atoms with Gasteiger partial charge < -0.3 is 4.74 Å². The molecule has 0 radical (unpaired) electrons. The fourth-order valence-electron chi connectivity index (χ4n) is 2.64. The molecule has 0 saturated carbocycles. The van der Waals surface area contributed by atoms with Gasteiger partial charge in [0, 0.05) is 12.1 Å². The highest BCUT2D eigenvalue weighted by Gasteiger charge is 2.47. The largest absolute Gasteiger partial charge is 0.445 e. The van der Waals surface area contributed by atoms with Crippen molar-refractivity contribution in [3.8, 4) is 5.19 Å². The maximum atomic E-state index is 13.2. The van der Waals surface area contributed by atoms with E-state index in [1.165, 1.54) is 12.1 Å². The number of rotatable bonds is 4. The van der Waals surface area contributed by atoms with E-state index >= 15 is 0 Å². The second-order valence-corrected chi connectivity index (χ2v) is 6.58. The van der Waals surface area contributed by atoms with Crippen molar-refractivity contribution in [3.63, 3.8) is 0 Å². The van der Waals surface area contributed by atoms with Gasteiger partial charge in [-0.25, -0.2) is 8.87 Å². The minimum absolute atomic E-state index is 0.0467. The maximum absolute atomic E-state index is 13.2. The molecular weight excluding hydrogens is 346 g/mol. The second-order valence-electron chi connectivity index (χ2n) is 5.64. The number of benzene rings is 1. The van der Waals surface area contributed by atoms with E-state index < -0.39 is 11.2 Å². The van der Waals surface area contributed by atoms with E-state index in [9.17, 15) is 17.6 Å². The van der Waals surface area contributed by atoms with Crippen molar-refractivity contribution >= 4 is 17.0 Å². The number of quaternary nitrogens is 1. The number of aromatic nitrogens is 2. The molecule has 2 aromatic rings. The third-order valence-electron chi connectivity index (χ3n) is 3.96. The third-order valence-corrected chi connectivity index (χ3v) is 4.80. The number of ether oxygens (including phenoxy) is 1. The molecule has 0 fully saturated rings. The Kier molecular flexibility index (Phi) is 4.08. The molecular formula is C15H14F4N3OS+. The molecule has 0 spiro atoms. The molecule has 0 bridgehead atoms. The van der Waals surface area contributed by atoms with Gasteiger partial charge in [-0.3, -0.25) is 0 Å². The molecule has 1 aromatic heterocycles. The summed E-state index contributed by atoms with van der Waals surface area (Å²) in [5, 5.41) is 5.34. The van der Waals surface area contributed by atoms with Crippen molar-refractivity contribution in [2.24, 2.45) is 0 Å². The summed E-state index contributed by atoms with van der Waals surface area (Å²) in [6.07, 6.45) is -2.77. The highest BCUT2D eigenvalue weighted by molar-refractivity contribution is 7.13. The van der Waals surface area contributed by atoms with Gasteiger partial charge in [0.25, 0.3) is 0 Å². The second kappa shape index (κ2) is 5.82. The number of nitrogens with zero attached hydrogens (tertiary/aromatic N) is 3. The van der Waals surface area contributed by atoms with Crippen molar-refractivity contribution in [1.82, 2.24) is 14.7 Å². The van der Waals surface area contributed by atoms with Gasteiger partial charge in [-0.15, -0.1) is 5.10 Å². The summed E-state index contributed by atoms with van der Waals surface area (Å²) in [4.78, 5) is 0. The Balaban J connectivity index is 1.88. The quantitative estimate of drug-likeness (QED) is 0.601. The van der Waals surface area contributed by atoms with Crippen molar-refractivity contribution in [3.05, 3.63) is 47.0 Å². The Morgan fingerprint density at radius 2 is 1.83 bits per heavy atom. The van der Waals surface area contributed by atoms with Gasteiger partial charge in [0.15, 0.2) is 0 Å². The summed E-state index contributed by atoms with van der Waals surface area (Å²) >= 11 is 0.347. The molecule has 0 N–H and O–H groups in total. The zero-order valence-corrected chi connectivity index (χ0v) is 13.7. The SMILES string of the molecule is CC(C)[N+]1(c2ccc(F)cc2)CC=C1Oc1nnc(C(F)(F)F)s1. The van der Waals surface area contributed by atoms with Gasteiger partial charge >= 0.3 is 17.3 Å². The highest BCUT2D eigenvalue weighted by Crippen LogP contribution is 2.41. The number of halogens is 4. The van der Waals surface area contributed by atoms with E-state index in [1.54, 1.807) is 18.2 Å². The molecule has 1 atom stereocenters. The van der Waals surface area contributed by atoms with E-state index in [-0.39, 0.29) is 21.5 Å². The van der Waals surface area contributed by atoms with Crippen LogP contribution in [0.4, 0.5) is 23.2 Å². The van der Waals surface area contributed by atoms with Crippen LogP contribution in [0.25, 0.3) is 0 Å². The molecule has 0 saturated heterocycles. The Morgan fingerprint density at radius 3 is 2.29 bits per heavy atom. The average Bonchev–Trinajstić information content (AvgIpc) is 2.95. The number of hydrogen-bond donors (Lipinski definition) is 0. The van der Waals surface area contributed by atoms with Gasteiger partial charge in [0.1, 0.15) is 18.0 Å². The summed E-state index contributed by atoms with van der Waals surface area (Å²) in [6, 6.07) is 6.03. The fourth-order valence-corrected chi connectivity index (χ4v) is 3.22. The molecule has 1 unspecified atom stereocenters. The molecule has 4 nitrogen and oxygen atoms in total. The molecule has 2 heterocycles. The van der Waals surface area contributed by atoms with Gasteiger partial charge in [-0.05, 0) is 37.3 Å². The van der Waals surface area contributed by atoms with Gasteiger partial charge in [0.05, 0.1) is 12.1 Å². The minimum atomic E-state index is -4.55. The van der Waals surface area contributed by atoms with Crippen LogP contribution in [0.15, 0.2) is 36.2 Å². The van der Waals surface area contributed by atoms with Crippen molar-refractivity contribution in [2.75, 3.05) is 6.54 Å². The third kappa shape index (κ3) is 2.78. The van der Waals surface area contributed by atoms with Crippen molar-refractivity contribution in [1.29, 1.82) is 0 Å². The van der Waals surface area contributed by atoms with E-state index in [0.717, 1.165) is 5.69 Å². The zero-order valence-electron chi connectivity index (χ0n) is 12.8. The lowest BCUT2D eigenvalue weighted by molar-refractivity contribution is -0.138. The smallest absolute Gasteiger partial charge is 0.382 e. The van der Waals surface area contributed by atoms with Crippen LogP contribution in [0.1, 0.15) is 18.9 Å². The van der Waals surface area contributed by atoms with E-state index in [2.05, 4.69) is 10.2 Å². The standard InChI is InChI=1S/C15H14F4N3OS/c1-9(2)22(11-5-3-10(16)4-6-11)8-7-12(22)23-14-21-20-13(24-14)15(17,18)19/h3-7,9H,8H2,1-2H3/q+1. The molecule has 1 aliphatic rings. The summed E-state index contributed by atoms with van der Waals surface area (Å²) in [7, 11) is 0. The molecule has 1 aliphatic heterocycles. The first kappa shape index (κ1) is 16.8. The van der Waals surface area contributed by atoms with Crippen LogP contribution < -0.4 is 9.22 Å². The van der Waals surface area contributed by atoms with Crippen LogP contribution in [0, 0.1) is 5.82 Å². The first-order chi connectivity index (χ1) is 11.2. The summed E-state index contributed by atoms with van der Waals surface area (Å²) in [5.74, 6) is 0.105. The summed E-state index contributed by atoms with van der Waals surface area (Å²) < 4.78 is 56.9. The zero-order chi connectivity index (χ0) is 17.5. The van der Waals surface area contributed by atoms with Crippen LogP contribution in [-0.4, -0.2) is 22.8 Å². The monoisotopic (exact) mass is 360 g/mol. The first-order valence-corrected chi connectivity index (χ1v) is 7.98. The molecule has 9 heteroatoms. The van der Waals surface area contributed by atoms with Crippen LogP contribution >= 0.6 is 11.3 Å². The van der Waals surface area contributed by atoms with Crippen molar-refractivity contribution in [2.45, 2.75) is 26.1 Å². The molecule has 1 aromatic carbocycles. The van der Waals surface area contributed by atoms with Gasteiger partial charge in [-0.1, -0.05) is 5.10 Å². The fraction of sp³-hybridized carbons (Fsp3) is 0.333. The molecule has 0 amide bonds. The normalized spacial score (nSPS) is 20.7. The number of alkyl halides is 3. The van der Waals surface area contributed by atoms with Gasteiger partial charge in [-0.2, -0.15) is 13.2 Å². The predicted octanol–water partition coefficient (Wildman–Crippen LogP) is 4.35. The van der Waals surface area contributed by atoms with E-state index in [0.29, 0.717) is 23.8 Å². The Hall–Kier alpha value is -2.00. The minimum Gasteiger partial charge on any atom is -0.382 e. The first-order valence-electron chi connectivity index (χ1n) is 7.16. The van der Waals surface area contributed by atoms with Crippen LogP contribution in [0.5, 0.6) is 5.19 Å². The van der Waals surface area contributed by atoms with Crippen LogP contribution in [0.3, 0.4) is 0 Å². The lowest BCUT2D eigenvalue weighted by Crippen LogP contribution is -2.60. The molecule has 3 rings (SSSR count). The topological polar surface area (TPSA) is 35.0 Å². The van der Waals surface area contributed by atoms with Gasteiger partial charge in [0.2, 0.25) is 5.01 Å². The summed E-state index contributed by atoms with van der Waals surface area (Å²) in [6.45, 7) is 4.52. The van der Waals surface area contributed by atoms with Crippen LogP contribution in [0.2, 0.25) is 0 Å². The lowest BCUT2D eigenvalue weighted by Gasteiger charge is -2.45. The molecule has 24 heavy (non-hydrogen) atoms. The predicted molar refractivity (Wildman–Crippen MR) is 81.8 cm³/mol. The number of hydrogen-bond acceptors (Lipinski definition) is 4. The highest BCUT2D eigenvalue weighted by atomic mass is 32.1. The average molecular weight is 360 g/mol. The Bertz CT molecular complexity index is 770. The molecule has 128 valence electrons. The Morgan fingerprint density at radius 1 is 1.17 bits per heavy atom. The van der Waals surface area contributed by atoms with E-state index in [1.807, 2.05) is 13.8 Å². The Labute approximate surface area is 139 Å². The van der Waals surface area contributed by atoms with Crippen LogP contribution in [-0.2, 0) is 6.18 Å². The summed E-state index contributed by atoms with van der Waals surface area (Å²) in [5.41, 5.74) is 0.796. The lowest BCUT2D eigenvalue weighted by atomic mass is 10.1. The molecule has 0 aliphatic carbocycles.